The molecule has 1 aromatic heterocycles. The first-order valence-electron chi connectivity index (χ1n) is 6.55. The van der Waals surface area contributed by atoms with Gasteiger partial charge in [-0.3, -0.25) is 9.78 Å². The normalized spacial score (nSPS) is 18.3. The molecule has 0 aliphatic carbocycles. The van der Waals surface area contributed by atoms with E-state index in [0.717, 1.165) is 38.2 Å². The maximum Gasteiger partial charge on any atom is 0.226 e. The number of carbonyl (C=O) groups excluding carboxylic acids is 1. The van der Waals surface area contributed by atoms with E-state index in [-0.39, 0.29) is 11.3 Å². The van der Waals surface area contributed by atoms with Gasteiger partial charge in [-0.05, 0) is 43.5 Å². The van der Waals surface area contributed by atoms with Gasteiger partial charge in [0.15, 0.2) is 0 Å². The van der Waals surface area contributed by atoms with Gasteiger partial charge in [0.05, 0.1) is 6.42 Å². The molecule has 4 nitrogen and oxygen atoms in total. The molecule has 2 N–H and O–H groups in total. The lowest BCUT2D eigenvalue weighted by Gasteiger charge is -2.34. The number of nitrogens with zero attached hydrogens (tertiary/aromatic N) is 1. The lowest BCUT2D eigenvalue weighted by molar-refractivity contribution is -0.121. The van der Waals surface area contributed by atoms with Crippen LogP contribution in [-0.4, -0.2) is 30.5 Å². The number of pyridine rings is 1. The zero-order valence-electron chi connectivity index (χ0n) is 10.9. The Morgan fingerprint density at radius 3 is 2.89 bits per heavy atom. The smallest absolute Gasteiger partial charge is 0.226 e. The number of nitrogens with one attached hydrogen (secondary N) is 2. The molecule has 1 fully saturated rings. The molecule has 98 valence electrons. The molecule has 1 aliphatic rings. The predicted molar refractivity (Wildman–Crippen MR) is 71.2 cm³/mol. The molecule has 0 saturated carbocycles. The topological polar surface area (TPSA) is 54.0 Å². The highest BCUT2D eigenvalue weighted by Crippen LogP contribution is 2.26. The fraction of sp³-hybridized carbons (Fsp3) is 0.571. The molecule has 2 rings (SSSR count). The van der Waals surface area contributed by atoms with Gasteiger partial charge < -0.3 is 10.6 Å². The van der Waals surface area contributed by atoms with Gasteiger partial charge in [0.1, 0.15) is 0 Å². The molecule has 1 aromatic rings. The second kappa shape index (κ2) is 5.96. The third-order valence-electron chi connectivity index (χ3n) is 3.59. The van der Waals surface area contributed by atoms with Crippen molar-refractivity contribution in [2.24, 2.45) is 5.41 Å². The van der Waals surface area contributed by atoms with E-state index < -0.39 is 0 Å². The van der Waals surface area contributed by atoms with E-state index >= 15 is 0 Å². The minimum atomic E-state index is 0.0634. The van der Waals surface area contributed by atoms with E-state index in [1.165, 1.54) is 0 Å². The Balaban J connectivity index is 1.78. The van der Waals surface area contributed by atoms with Crippen LogP contribution in [0.1, 0.15) is 25.5 Å². The van der Waals surface area contributed by atoms with Crippen LogP contribution in [0.4, 0.5) is 0 Å². The van der Waals surface area contributed by atoms with Crippen molar-refractivity contribution in [2.45, 2.75) is 26.2 Å². The van der Waals surface area contributed by atoms with E-state index in [0.29, 0.717) is 6.42 Å². The highest BCUT2D eigenvalue weighted by Gasteiger charge is 2.26. The van der Waals surface area contributed by atoms with Crippen molar-refractivity contribution in [3.63, 3.8) is 0 Å². The summed E-state index contributed by atoms with van der Waals surface area (Å²) in [7, 11) is 0. The van der Waals surface area contributed by atoms with Gasteiger partial charge in [-0.15, -0.1) is 0 Å². The van der Waals surface area contributed by atoms with Crippen molar-refractivity contribution >= 4 is 5.91 Å². The highest BCUT2D eigenvalue weighted by molar-refractivity contribution is 5.78. The van der Waals surface area contributed by atoms with Gasteiger partial charge in [0.2, 0.25) is 5.91 Å². The van der Waals surface area contributed by atoms with Gasteiger partial charge in [-0.2, -0.15) is 0 Å². The maximum absolute atomic E-state index is 11.8. The third kappa shape index (κ3) is 3.81. The molecule has 18 heavy (non-hydrogen) atoms. The summed E-state index contributed by atoms with van der Waals surface area (Å²) in [6.07, 6.45) is 4.33. The van der Waals surface area contributed by atoms with Crippen LogP contribution in [0.25, 0.3) is 0 Å². The monoisotopic (exact) mass is 247 g/mol. The lowest BCUT2D eigenvalue weighted by atomic mass is 9.81. The van der Waals surface area contributed by atoms with Crippen molar-refractivity contribution < 1.29 is 4.79 Å². The van der Waals surface area contributed by atoms with Crippen LogP contribution in [0, 0.1) is 5.41 Å². The summed E-state index contributed by atoms with van der Waals surface area (Å²) in [6.45, 7) is 5.11. The number of aromatic nitrogens is 1. The summed E-state index contributed by atoms with van der Waals surface area (Å²) in [6, 6.07) is 5.65. The van der Waals surface area contributed by atoms with Crippen LogP contribution in [0.2, 0.25) is 0 Å². The molecule has 1 amide bonds. The number of carbonyl (C=O) groups is 1. The first-order chi connectivity index (χ1) is 8.68. The number of hydrogen-bond acceptors (Lipinski definition) is 3. The summed E-state index contributed by atoms with van der Waals surface area (Å²) in [5, 5.41) is 6.38. The Bertz CT molecular complexity index is 385. The van der Waals surface area contributed by atoms with Gasteiger partial charge in [-0.1, -0.05) is 13.0 Å². The van der Waals surface area contributed by atoms with Crippen LogP contribution in [-0.2, 0) is 11.2 Å². The van der Waals surface area contributed by atoms with Crippen LogP contribution >= 0.6 is 0 Å². The Morgan fingerprint density at radius 1 is 1.44 bits per heavy atom. The summed E-state index contributed by atoms with van der Waals surface area (Å²) in [4.78, 5) is 16.0. The molecule has 0 aromatic carbocycles. The fourth-order valence-corrected chi connectivity index (χ4v) is 2.25. The van der Waals surface area contributed by atoms with E-state index in [9.17, 15) is 4.79 Å². The van der Waals surface area contributed by atoms with Crippen LogP contribution < -0.4 is 10.6 Å². The first-order valence-corrected chi connectivity index (χ1v) is 6.55. The summed E-state index contributed by atoms with van der Waals surface area (Å²) < 4.78 is 0. The fourth-order valence-electron chi connectivity index (χ4n) is 2.25. The van der Waals surface area contributed by atoms with Crippen molar-refractivity contribution in [3.8, 4) is 0 Å². The summed E-state index contributed by atoms with van der Waals surface area (Å²) >= 11 is 0. The second-order valence-electron chi connectivity index (χ2n) is 5.34. The minimum absolute atomic E-state index is 0.0634. The molecule has 0 atom stereocenters. The van der Waals surface area contributed by atoms with Crippen molar-refractivity contribution in [3.05, 3.63) is 30.1 Å². The van der Waals surface area contributed by atoms with E-state index in [2.05, 4.69) is 22.5 Å². The SMILES string of the molecule is CC1(CNC(=O)Cc2ccccn2)CCNCC1. The largest absolute Gasteiger partial charge is 0.355 e. The lowest BCUT2D eigenvalue weighted by Crippen LogP contribution is -2.43. The molecule has 0 bridgehead atoms. The minimum Gasteiger partial charge on any atom is -0.355 e. The van der Waals surface area contributed by atoms with E-state index in [1.54, 1.807) is 6.20 Å². The van der Waals surface area contributed by atoms with Gasteiger partial charge in [-0.25, -0.2) is 0 Å². The number of piperidine rings is 1. The molecule has 1 aliphatic heterocycles. The average molecular weight is 247 g/mol. The van der Waals surface area contributed by atoms with E-state index in [1.807, 2.05) is 18.2 Å². The van der Waals surface area contributed by atoms with Crippen molar-refractivity contribution in [1.82, 2.24) is 15.6 Å². The zero-order chi connectivity index (χ0) is 12.8. The maximum atomic E-state index is 11.8. The average Bonchev–Trinajstić information content (AvgIpc) is 2.39. The molecule has 0 spiro atoms. The quantitative estimate of drug-likeness (QED) is 0.838. The van der Waals surface area contributed by atoms with Crippen molar-refractivity contribution in [1.29, 1.82) is 0 Å². The van der Waals surface area contributed by atoms with E-state index in [4.69, 9.17) is 0 Å². The third-order valence-corrected chi connectivity index (χ3v) is 3.59. The highest BCUT2D eigenvalue weighted by atomic mass is 16.1. The summed E-state index contributed by atoms with van der Waals surface area (Å²) in [5.74, 6) is 0.0634. The van der Waals surface area contributed by atoms with Crippen LogP contribution in [0.3, 0.4) is 0 Å². The molecule has 1 saturated heterocycles. The molecular weight excluding hydrogens is 226 g/mol. The number of amides is 1. The Kier molecular flexibility index (Phi) is 4.31. The Hall–Kier alpha value is -1.42. The number of rotatable bonds is 4. The molecule has 0 unspecified atom stereocenters. The Morgan fingerprint density at radius 2 is 2.22 bits per heavy atom. The standard InChI is InChI=1S/C14H21N3O/c1-14(5-8-15-9-6-14)11-17-13(18)10-12-4-2-3-7-16-12/h2-4,7,15H,5-6,8-11H2,1H3,(H,17,18). The molecule has 0 radical (unpaired) electrons. The summed E-state index contributed by atoms with van der Waals surface area (Å²) in [5.41, 5.74) is 1.07. The van der Waals surface area contributed by atoms with Gasteiger partial charge in [0, 0.05) is 18.4 Å². The van der Waals surface area contributed by atoms with Crippen molar-refractivity contribution in [2.75, 3.05) is 19.6 Å². The first kappa shape index (κ1) is 13.0. The zero-order valence-corrected chi connectivity index (χ0v) is 10.9. The van der Waals surface area contributed by atoms with Crippen LogP contribution in [0.15, 0.2) is 24.4 Å². The predicted octanol–water partition coefficient (Wildman–Crippen LogP) is 1.13. The molecule has 4 heteroatoms. The van der Waals surface area contributed by atoms with Gasteiger partial charge >= 0.3 is 0 Å². The second-order valence-corrected chi connectivity index (χ2v) is 5.34. The Labute approximate surface area is 108 Å². The number of hydrogen-bond donors (Lipinski definition) is 2. The molecular formula is C14H21N3O. The van der Waals surface area contributed by atoms with Gasteiger partial charge in [0.25, 0.3) is 0 Å². The molecule has 2 heterocycles. The van der Waals surface area contributed by atoms with Crippen LogP contribution in [0.5, 0.6) is 0 Å².